The molecule has 2 rings (SSSR count). The summed E-state index contributed by atoms with van der Waals surface area (Å²) in [6.07, 6.45) is 2.55. The molecule has 0 saturated carbocycles. The van der Waals surface area contributed by atoms with Crippen LogP contribution in [0.1, 0.15) is 16.6 Å². The van der Waals surface area contributed by atoms with Crippen LogP contribution in [0, 0.1) is 5.82 Å². The third-order valence-electron chi connectivity index (χ3n) is 2.54. The second-order valence-electron chi connectivity index (χ2n) is 3.64. The monoisotopic (exact) mass is 314 g/mol. The first kappa shape index (κ1) is 12.7. The van der Waals surface area contributed by atoms with E-state index in [1.807, 2.05) is 12.4 Å². The highest BCUT2D eigenvalue weighted by molar-refractivity contribution is 9.10. The Kier molecular flexibility index (Phi) is 4.25. The van der Waals surface area contributed by atoms with Crippen molar-refractivity contribution in [1.82, 2.24) is 10.3 Å². The standard InChI is InChI=1S/C12H12BrFN2S/c1-15-11(7-12-16-4-5-17-12)9-6-8(14)2-3-10(9)13/h2-6,11,15H,7H2,1H3. The lowest BCUT2D eigenvalue weighted by Gasteiger charge is -2.17. The highest BCUT2D eigenvalue weighted by Crippen LogP contribution is 2.27. The normalized spacial score (nSPS) is 12.6. The van der Waals surface area contributed by atoms with Gasteiger partial charge in [-0.3, -0.25) is 0 Å². The van der Waals surface area contributed by atoms with Crippen LogP contribution in [0.3, 0.4) is 0 Å². The van der Waals surface area contributed by atoms with E-state index in [0.29, 0.717) is 0 Å². The maximum absolute atomic E-state index is 13.3. The average molecular weight is 315 g/mol. The zero-order valence-electron chi connectivity index (χ0n) is 9.28. The summed E-state index contributed by atoms with van der Waals surface area (Å²) in [6.45, 7) is 0. The minimum Gasteiger partial charge on any atom is -0.313 e. The molecule has 0 bridgehead atoms. The maximum atomic E-state index is 13.3. The molecule has 1 unspecified atom stereocenters. The van der Waals surface area contributed by atoms with Crippen molar-refractivity contribution in [3.05, 3.63) is 50.6 Å². The highest BCUT2D eigenvalue weighted by Gasteiger charge is 2.15. The number of halogens is 2. The Balaban J connectivity index is 2.25. The predicted octanol–water partition coefficient (Wildman–Crippen LogP) is 3.55. The summed E-state index contributed by atoms with van der Waals surface area (Å²) in [5.41, 5.74) is 0.919. The van der Waals surface area contributed by atoms with Gasteiger partial charge in [0.25, 0.3) is 0 Å². The molecule has 2 nitrogen and oxygen atoms in total. The van der Waals surface area contributed by atoms with E-state index in [4.69, 9.17) is 0 Å². The largest absolute Gasteiger partial charge is 0.313 e. The summed E-state index contributed by atoms with van der Waals surface area (Å²) in [6, 6.07) is 4.80. The van der Waals surface area contributed by atoms with Crippen LogP contribution in [0.5, 0.6) is 0 Å². The number of aromatic nitrogens is 1. The minimum atomic E-state index is -0.220. The molecule has 0 aliphatic heterocycles. The summed E-state index contributed by atoms with van der Waals surface area (Å²) in [5, 5.41) is 6.18. The first-order valence-corrected chi connectivity index (χ1v) is 6.88. The van der Waals surface area contributed by atoms with Crippen molar-refractivity contribution in [2.75, 3.05) is 7.05 Å². The molecular formula is C12H12BrFN2S. The number of likely N-dealkylation sites (N-methyl/N-ethyl adjacent to an activating group) is 1. The Morgan fingerprint density at radius 1 is 1.53 bits per heavy atom. The fraction of sp³-hybridized carbons (Fsp3) is 0.250. The quantitative estimate of drug-likeness (QED) is 0.933. The van der Waals surface area contributed by atoms with Gasteiger partial charge in [0.2, 0.25) is 0 Å². The van der Waals surface area contributed by atoms with E-state index < -0.39 is 0 Å². The van der Waals surface area contributed by atoms with Gasteiger partial charge in [-0.25, -0.2) is 9.37 Å². The summed E-state index contributed by atoms with van der Waals surface area (Å²) < 4.78 is 14.2. The van der Waals surface area contributed by atoms with Gasteiger partial charge >= 0.3 is 0 Å². The topological polar surface area (TPSA) is 24.9 Å². The van der Waals surface area contributed by atoms with E-state index in [2.05, 4.69) is 26.2 Å². The van der Waals surface area contributed by atoms with E-state index in [9.17, 15) is 4.39 Å². The molecule has 1 atom stereocenters. The van der Waals surface area contributed by atoms with Gasteiger partial charge in [-0.15, -0.1) is 11.3 Å². The second-order valence-corrected chi connectivity index (χ2v) is 5.47. The van der Waals surface area contributed by atoms with Crippen LogP contribution in [0.4, 0.5) is 4.39 Å². The van der Waals surface area contributed by atoms with Crippen molar-refractivity contribution < 1.29 is 4.39 Å². The number of benzene rings is 1. The van der Waals surface area contributed by atoms with Gasteiger partial charge in [0.15, 0.2) is 0 Å². The Bertz CT molecular complexity index is 487. The maximum Gasteiger partial charge on any atom is 0.123 e. The first-order valence-electron chi connectivity index (χ1n) is 5.21. The van der Waals surface area contributed by atoms with Gasteiger partial charge in [0.05, 0.1) is 5.01 Å². The van der Waals surface area contributed by atoms with Gasteiger partial charge in [-0.05, 0) is 30.8 Å². The van der Waals surface area contributed by atoms with Gasteiger partial charge in [-0.1, -0.05) is 15.9 Å². The van der Waals surface area contributed by atoms with Crippen molar-refractivity contribution in [3.8, 4) is 0 Å². The lowest BCUT2D eigenvalue weighted by Crippen LogP contribution is -2.19. The van der Waals surface area contributed by atoms with E-state index in [0.717, 1.165) is 21.5 Å². The van der Waals surface area contributed by atoms with Crippen LogP contribution < -0.4 is 5.32 Å². The Morgan fingerprint density at radius 2 is 2.35 bits per heavy atom. The molecule has 2 aromatic rings. The van der Waals surface area contributed by atoms with Crippen molar-refractivity contribution in [2.24, 2.45) is 0 Å². The smallest absolute Gasteiger partial charge is 0.123 e. The molecule has 0 aliphatic carbocycles. The molecular weight excluding hydrogens is 303 g/mol. The number of rotatable bonds is 4. The fourth-order valence-electron chi connectivity index (χ4n) is 1.68. The van der Waals surface area contributed by atoms with Gasteiger partial charge < -0.3 is 5.32 Å². The zero-order chi connectivity index (χ0) is 12.3. The average Bonchev–Trinajstić information content (AvgIpc) is 2.82. The molecule has 0 amide bonds. The molecule has 1 heterocycles. The van der Waals surface area contributed by atoms with Crippen molar-refractivity contribution in [2.45, 2.75) is 12.5 Å². The Hall–Kier alpha value is -0.780. The number of nitrogens with one attached hydrogen (secondary N) is 1. The fourth-order valence-corrected chi connectivity index (χ4v) is 2.86. The van der Waals surface area contributed by atoms with E-state index in [1.165, 1.54) is 6.07 Å². The highest BCUT2D eigenvalue weighted by atomic mass is 79.9. The minimum absolute atomic E-state index is 0.0613. The van der Waals surface area contributed by atoms with E-state index in [1.54, 1.807) is 29.7 Å². The van der Waals surface area contributed by atoms with Crippen LogP contribution in [0.25, 0.3) is 0 Å². The van der Waals surface area contributed by atoms with Crippen molar-refractivity contribution >= 4 is 27.3 Å². The van der Waals surface area contributed by atoms with Gasteiger partial charge in [0, 0.05) is 28.5 Å². The lowest BCUT2D eigenvalue weighted by atomic mass is 10.0. The van der Waals surface area contributed by atoms with Crippen LogP contribution in [-0.4, -0.2) is 12.0 Å². The molecule has 0 saturated heterocycles. The number of hydrogen-bond acceptors (Lipinski definition) is 3. The van der Waals surface area contributed by atoms with Crippen molar-refractivity contribution in [3.63, 3.8) is 0 Å². The van der Waals surface area contributed by atoms with Crippen molar-refractivity contribution in [1.29, 1.82) is 0 Å². The summed E-state index contributed by atoms with van der Waals surface area (Å²) in [5.74, 6) is -0.220. The first-order chi connectivity index (χ1) is 8.20. The molecule has 90 valence electrons. The molecule has 0 fully saturated rings. The molecule has 1 aromatic carbocycles. The Labute approximate surface area is 112 Å². The van der Waals surface area contributed by atoms with Crippen LogP contribution >= 0.6 is 27.3 Å². The molecule has 1 aromatic heterocycles. The molecule has 17 heavy (non-hydrogen) atoms. The SMILES string of the molecule is CNC(Cc1nccs1)c1cc(F)ccc1Br. The molecule has 0 radical (unpaired) electrons. The predicted molar refractivity (Wildman–Crippen MR) is 71.7 cm³/mol. The summed E-state index contributed by atoms with van der Waals surface area (Å²) in [4.78, 5) is 4.25. The van der Waals surface area contributed by atoms with Gasteiger partial charge in [0.1, 0.15) is 5.82 Å². The summed E-state index contributed by atoms with van der Waals surface area (Å²) >= 11 is 5.06. The number of nitrogens with zero attached hydrogens (tertiary/aromatic N) is 1. The van der Waals surface area contributed by atoms with Gasteiger partial charge in [-0.2, -0.15) is 0 Å². The summed E-state index contributed by atoms with van der Waals surface area (Å²) in [7, 11) is 1.87. The van der Waals surface area contributed by atoms with Crippen LogP contribution in [0.2, 0.25) is 0 Å². The van der Waals surface area contributed by atoms with Crippen LogP contribution in [-0.2, 0) is 6.42 Å². The van der Waals surface area contributed by atoms with E-state index >= 15 is 0 Å². The third kappa shape index (κ3) is 3.12. The number of hydrogen-bond donors (Lipinski definition) is 1. The third-order valence-corrected chi connectivity index (χ3v) is 4.07. The second kappa shape index (κ2) is 5.71. The van der Waals surface area contributed by atoms with E-state index in [-0.39, 0.29) is 11.9 Å². The molecule has 0 aliphatic rings. The Morgan fingerprint density at radius 3 is 3.00 bits per heavy atom. The molecule has 1 N–H and O–H groups in total. The molecule has 5 heteroatoms. The zero-order valence-corrected chi connectivity index (χ0v) is 11.7. The van der Waals surface area contributed by atoms with Crippen LogP contribution in [0.15, 0.2) is 34.2 Å². The molecule has 0 spiro atoms. The lowest BCUT2D eigenvalue weighted by molar-refractivity contribution is 0.574. The number of thiazole rings is 1.